The Kier molecular flexibility index (Phi) is 3.13. The maximum absolute atomic E-state index is 11.1. The Hall–Kier alpha value is -1.64. The summed E-state index contributed by atoms with van der Waals surface area (Å²) in [5.41, 5.74) is 3.49. The van der Waals surface area contributed by atoms with E-state index >= 15 is 0 Å². The van der Waals surface area contributed by atoms with Crippen LogP contribution in [0.3, 0.4) is 0 Å². The van der Waals surface area contributed by atoms with E-state index in [-0.39, 0.29) is 5.78 Å². The van der Waals surface area contributed by atoms with E-state index in [0.29, 0.717) is 12.3 Å². The number of carbonyl (C=O) groups is 1. The number of ketones is 1. The van der Waals surface area contributed by atoms with E-state index in [1.807, 2.05) is 0 Å². The smallest absolute Gasteiger partial charge is 0.130 e. The number of aryl methyl sites for hydroxylation is 2. The fourth-order valence-electron chi connectivity index (χ4n) is 2.77. The van der Waals surface area contributed by atoms with Gasteiger partial charge in [-0.1, -0.05) is 12.5 Å². The molecule has 0 amide bonds. The number of hydrogen-bond acceptors (Lipinski definition) is 2. The molecule has 1 aromatic carbocycles. The highest BCUT2D eigenvalue weighted by Gasteiger charge is 2.24. The van der Waals surface area contributed by atoms with Crippen LogP contribution in [-0.2, 0) is 18.3 Å². The summed E-state index contributed by atoms with van der Waals surface area (Å²) in [6.07, 6.45) is 5.31. The summed E-state index contributed by atoms with van der Waals surface area (Å²) in [6.45, 7) is 1.65. The Balaban J connectivity index is 1.92. The molecule has 100 valence electrons. The van der Waals surface area contributed by atoms with Gasteiger partial charge in [-0.25, -0.2) is 4.98 Å². The Morgan fingerprint density at radius 1 is 1.42 bits per heavy atom. The zero-order valence-corrected chi connectivity index (χ0v) is 11.6. The van der Waals surface area contributed by atoms with Crippen LogP contribution >= 0.6 is 0 Å². The van der Waals surface area contributed by atoms with E-state index < -0.39 is 0 Å². The van der Waals surface area contributed by atoms with Gasteiger partial charge in [0.1, 0.15) is 11.6 Å². The molecule has 0 unspecified atom stereocenters. The van der Waals surface area contributed by atoms with Crippen LogP contribution in [0.1, 0.15) is 49.9 Å². The molecule has 19 heavy (non-hydrogen) atoms. The molecule has 0 bridgehead atoms. The van der Waals surface area contributed by atoms with E-state index in [9.17, 15) is 4.79 Å². The molecule has 3 heteroatoms. The van der Waals surface area contributed by atoms with Crippen molar-refractivity contribution in [2.75, 3.05) is 0 Å². The molecule has 2 aromatic rings. The topological polar surface area (TPSA) is 34.9 Å². The van der Waals surface area contributed by atoms with Crippen LogP contribution in [-0.4, -0.2) is 15.3 Å². The number of nitrogens with zero attached hydrogens (tertiary/aromatic N) is 2. The van der Waals surface area contributed by atoms with Crippen LogP contribution in [0.4, 0.5) is 0 Å². The van der Waals surface area contributed by atoms with Crippen molar-refractivity contribution in [3.63, 3.8) is 0 Å². The molecule has 1 aliphatic rings. The number of benzene rings is 1. The Morgan fingerprint density at radius 2 is 2.21 bits per heavy atom. The van der Waals surface area contributed by atoms with Gasteiger partial charge in [-0.3, -0.25) is 0 Å². The number of hydrogen-bond donors (Lipinski definition) is 0. The van der Waals surface area contributed by atoms with Crippen molar-refractivity contribution < 1.29 is 4.79 Å². The Bertz CT molecular complexity index is 623. The number of carbonyl (C=O) groups excluding carboxylic acids is 1. The van der Waals surface area contributed by atoms with Crippen molar-refractivity contribution in [2.24, 2.45) is 7.05 Å². The minimum atomic E-state index is 0.247. The monoisotopic (exact) mass is 256 g/mol. The van der Waals surface area contributed by atoms with Gasteiger partial charge in [0, 0.05) is 19.4 Å². The van der Waals surface area contributed by atoms with E-state index in [0.717, 1.165) is 11.9 Å². The van der Waals surface area contributed by atoms with Gasteiger partial charge in [-0.2, -0.15) is 0 Å². The van der Waals surface area contributed by atoms with Gasteiger partial charge < -0.3 is 9.36 Å². The fraction of sp³-hybridized carbons (Fsp3) is 0.500. The van der Waals surface area contributed by atoms with Gasteiger partial charge in [-0.05, 0) is 43.9 Å². The lowest BCUT2D eigenvalue weighted by Gasteiger charge is -2.24. The Labute approximate surface area is 113 Å². The lowest BCUT2D eigenvalue weighted by atomic mass is 9.85. The van der Waals surface area contributed by atoms with Gasteiger partial charge in [0.15, 0.2) is 0 Å². The summed E-state index contributed by atoms with van der Waals surface area (Å²) in [5, 5.41) is 0. The fourth-order valence-corrected chi connectivity index (χ4v) is 2.77. The molecule has 1 fully saturated rings. The third kappa shape index (κ3) is 2.29. The molecule has 0 radical (unpaired) electrons. The molecule has 0 spiro atoms. The first kappa shape index (κ1) is 12.4. The zero-order valence-electron chi connectivity index (χ0n) is 11.6. The van der Waals surface area contributed by atoms with Crippen LogP contribution in [0.5, 0.6) is 0 Å². The molecule has 1 saturated carbocycles. The second-order valence-electron chi connectivity index (χ2n) is 5.68. The zero-order chi connectivity index (χ0) is 13.4. The van der Waals surface area contributed by atoms with Crippen molar-refractivity contribution in [3.8, 4) is 0 Å². The predicted molar refractivity (Wildman–Crippen MR) is 76.3 cm³/mol. The lowest BCUT2D eigenvalue weighted by Crippen LogP contribution is -2.13. The summed E-state index contributed by atoms with van der Waals surface area (Å²) in [7, 11) is 2.11. The van der Waals surface area contributed by atoms with Gasteiger partial charge in [0.05, 0.1) is 11.0 Å². The third-order valence-electron chi connectivity index (χ3n) is 4.22. The largest absolute Gasteiger partial charge is 0.331 e. The van der Waals surface area contributed by atoms with Crippen LogP contribution in [0, 0.1) is 0 Å². The standard InChI is InChI=1S/C16H20N2O/c1-11(19)6-7-12-8-9-15-14(10-12)17-16(18(15)2)13-4-3-5-13/h8-10,13H,3-7H2,1-2H3. The van der Waals surface area contributed by atoms with Crippen molar-refractivity contribution in [1.29, 1.82) is 0 Å². The van der Waals surface area contributed by atoms with Crippen molar-refractivity contribution in [1.82, 2.24) is 9.55 Å². The van der Waals surface area contributed by atoms with Gasteiger partial charge >= 0.3 is 0 Å². The first-order valence-electron chi connectivity index (χ1n) is 7.10. The normalized spacial score (nSPS) is 15.7. The molecular weight excluding hydrogens is 236 g/mol. The highest BCUT2D eigenvalue weighted by atomic mass is 16.1. The van der Waals surface area contributed by atoms with Crippen molar-refractivity contribution in [2.45, 2.75) is 44.9 Å². The summed E-state index contributed by atoms with van der Waals surface area (Å²) in [5.74, 6) is 2.12. The maximum Gasteiger partial charge on any atom is 0.130 e. The number of fused-ring (bicyclic) bond motifs is 1. The second-order valence-corrected chi connectivity index (χ2v) is 5.68. The summed E-state index contributed by atoms with van der Waals surface area (Å²) < 4.78 is 2.23. The summed E-state index contributed by atoms with van der Waals surface area (Å²) in [4.78, 5) is 15.9. The highest BCUT2D eigenvalue weighted by molar-refractivity contribution is 5.78. The average Bonchev–Trinajstić information content (AvgIpc) is 2.62. The number of aromatic nitrogens is 2. The molecule has 1 heterocycles. The molecule has 3 nitrogen and oxygen atoms in total. The van der Waals surface area contributed by atoms with Crippen LogP contribution in [0.25, 0.3) is 11.0 Å². The van der Waals surface area contributed by atoms with Gasteiger partial charge in [0.25, 0.3) is 0 Å². The SMILES string of the molecule is CC(=O)CCc1ccc2c(c1)nc(C1CCC1)n2C. The van der Waals surface area contributed by atoms with Crippen LogP contribution in [0.2, 0.25) is 0 Å². The number of rotatable bonds is 4. The second kappa shape index (κ2) is 4.80. The van der Waals surface area contributed by atoms with Crippen LogP contribution in [0.15, 0.2) is 18.2 Å². The van der Waals surface area contributed by atoms with Crippen molar-refractivity contribution >= 4 is 16.8 Å². The molecule has 3 rings (SSSR count). The molecule has 1 aliphatic carbocycles. The van der Waals surface area contributed by atoms with E-state index in [1.54, 1.807) is 6.92 Å². The summed E-state index contributed by atoms with van der Waals surface area (Å²) >= 11 is 0. The first-order chi connectivity index (χ1) is 9.15. The molecule has 1 aromatic heterocycles. The number of imidazole rings is 1. The van der Waals surface area contributed by atoms with Crippen molar-refractivity contribution in [3.05, 3.63) is 29.6 Å². The highest BCUT2D eigenvalue weighted by Crippen LogP contribution is 2.36. The summed E-state index contributed by atoms with van der Waals surface area (Å²) in [6, 6.07) is 6.40. The molecule has 0 aliphatic heterocycles. The number of Topliss-reactive ketones (excluding diaryl/α,β-unsaturated/α-hetero) is 1. The van der Waals surface area contributed by atoms with Gasteiger partial charge in [-0.15, -0.1) is 0 Å². The Morgan fingerprint density at radius 3 is 2.84 bits per heavy atom. The van der Waals surface area contributed by atoms with E-state index in [1.165, 1.54) is 36.2 Å². The maximum atomic E-state index is 11.1. The van der Waals surface area contributed by atoms with Crippen LogP contribution < -0.4 is 0 Å². The molecule has 0 N–H and O–H groups in total. The van der Waals surface area contributed by atoms with E-state index in [4.69, 9.17) is 4.98 Å². The quantitative estimate of drug-likeness (QED) is 0.840. The molecule has 0 atom stereocenters. The average molecular weight is 256 g/mol. The first-order valence-corrected chi connectivity index (χ1v) is 7.10. The predicted octanol–water partition coefficient (Wildman–Crippen LogP) is 3.36. The van der Waals surface area contributed by atoms with Gasteiger partial charge in [0.2, 0.25) is 0 Å². The lowest BCUT2D eigenvalue weighted by molar-refractivity contribution is -0.116. The molecular formula is C16H20N2O. The minimum absolute atomic E-state index is 0.247. The third-order valence-corrected chi connectivity index (χ3v) is 4.22. The molecule has 0 saturated heterocycles. The van der Waals surface area contributed by atoms with E-state index in [2.05, 4.69) is 29.8 Å². The minimum Gasteiger partial charge on any atom is -0.331 e.